The van der Waals surface area contributed by atoms with Crippen molar-refractivity contribution in [3.05, 3.63) is 71.8 Å². The lowest BCUT2D eigenvalue weighted by Crippen LogP contribution is -2.28. The van der Waals surface area contributed by atoms with Gasteiger partial charge in [0.2, 0.25) is 5.91 Å². The van der Waals surface area contributed by atoms with Crippen molar-refractivity contribution in [2.75, 3.05) is 10.6 Å². The number of benzene rings is 2. The molecule has 1 aliphatic rings. The lowest BCUT2D eigenvalue weighted by atomic mass is 9.89. The number of hydrogen-bond acceptors (Lipinski definition) is 3. The maximum atomic E-state index is 12.6. The number of H-pyrrole nitrogens is 1. The second-order valence-corrected chi connectivity index (χ2v) is 6.74. The molecular formula is C21H22N4O. The number of aromatic nitrogens is 2. The molecule has 1 unspecified atom stereocenters. The van der Waals surface area contributed by atoms with Crippen molar-refractivity contribution >= 4 is 23.0 Å². The zero-order chi connectivity index (χ0) is 17.9. The number of hydrogen-bond donors (Lipinski definition) is 3. The predicted molar refractivity (Wildman–Crippen MR) is 104 cm³/mol. The van der Waals surface area contributed by atoms with Gasteiger partial charge in [0, 0.05) is 35.1 Å². The van der Waals surface area contributed by atoms with Gasteiger partial charge in [0.1, 0.15) is 5.82 Å². The van der Waals surface area contributed by atoms with Crippen molar-refractivity contribution in [3.63, 3.8) is 0 Å². The van der Waals surface area contributed by atoms with Crippen LogP contribution in [0.3, 0.4) is 0 Å². The third-order valence-electron chi connectivity index (χ3n) is 4.75. The van der Waals surface area contributed by atoms with Gasteiger partial charge in [-0.15, -0.1) is 0 Å². The molecule has 0 saturated carbocycles. The predicted octanol–water partition coefficient (Wildman–Crippen LogP) is 4.21. The molecular weight excluding hydrogens is 324 g/mol. The number of carbonyl (C=O) groups is 1. The van der Waals surface area contributed by atoms with Crippen molar-refractivity contribution in [2.24, 2.45) is 5.92 Å². The number of nitrogens with zero attached hydrogens (tertiary/aromatic N) is 1. The average molecular weight is 346 g/mol. The van der Waals surface area contributed by atoms with Crippen molar-refractivity contribution in [3.8, 4) is 0 Å². The molecule has 3 aromatic rings. The van der Waals surface area contributed by atoms with E-state index in [-0.39, 0.29) is 11.8 Å². The maximum absolute atomic E-state index is 12.6. The molecule has 0 fully saturated rings. The Balaban J connectivity index is 1.37. The fraction of sp³-hybridized carbons (Fsp3) is 0.238. The summed E-state index contributed by atoms with van der Waals surface area (Å²) in [6.45, 7) is 1.96. The van der Waals surface area contributed by atoms with Gasteiger partial charge in [-0.2, -0.15) is 0 Å². The first kappa shape index (κ1) is 16.4. The van der Waals surface area contributed by atoms with Crippen LogP contribution in [0.2, 0.25) is 0 Å². The van der Waals surface area contributed by atoms with Crippen LogP contribution in [0.1, 0.15) is 23.6 Å². The van der Waals surface area contributed by atoms with Crippen molar-refractivity contribution in [2.45, 2.75) is 26.2 Å². The zero-order valence-electron chi connectivity index (χ0n) is 14.8. The van der Waals surface area contributed by atoms with Crippen molar-refractivity contribution in [1.29, 1.82) is 0 Å². The summed E-state index contributed by atoms with van der Waals surface area (Å²) in [6, 6.07) is 17.8. The minimum Gasteiger partial charge on any atom is -0.356 e. The number of para-hydroxylation sites is 1. The first-order chi connectivity index (χ1) is 12.7. The smallest absolute Gasteiger partial charge is 0.227 e. The van der Waals surface area contributed by atoms with Crippen LogP contribution in [0.25, 0.3) is 0 Å². The molecule has 132 valence electrons. The van der Waals surface area contributed by atoms with Gasteiger partial charge in [-0.25, -0.2) is 4.98 Å². The number of aryl methyl sites for hydroxylation is 2. The number of anilines is 3. The van der Waals surface area contributed by atoms with Crippen LogP contribution < -0.4 is 10.6 Å². The molecule has 0 saturated heterocycles. The second kappa shape index (κ2) is 7.04. The van der Waals surface area contributed by atoms with Crippen LogP contribution >= 0.6 is 0 Å². The van der Waals surface area contributed by atoms with E-state index in [0.717, 1.165) is 53.5 Å². The minimum atomic E-state index is -0.00975. The number of nitrogens with one attached hydrogen (secondary N) is 3. The SMILES string of the molecule is Cc1nc2c([nH]1)CC(C(=O)Nc1ccc(Nc3ccccc3)cc1)CC2. The van der Waals surface area contributed by atoms with E-state index in [4.69, 9.17) is 0 Å². The number of fused-ring (bicyclic) bond motifs is 1. The van der Waals surface area contributed by atoms with Gasteiger partial charge in [0.25, 0.3) is 0 Å². The lowest BCUT2D eigenvalue weighted by molar-refractivity contribution is -0.120. The Bertz CT molecular complexity index is 900. The molecule has 0 aliphatic heterocycles. The van der Waals surface area contributed by atoms with E-state index in [1.54, 1.807) is 0 Å². The molecule has 1 heterocycles. The molecule has 26 heavy (non-hydrogen) atoms. The molecule has 1 amide bonds. The molecule has 2 aromatic carbocycles. The lowest BCUT2D eigenvalue weighted by Gasteiger charge is -2.20. The normalized spacial score (nSPS) is 16.0. The van der Waals surface area contributed by atoms with Gasteiger partial charge in [-0.3, -0.25) is 4.79 Å². The number of aromatic amines is 1. The standard InChI is InChI=1S/C21H22N4O/c1-14-22-19-12-7-15(13-20(19)23-14)21(26)25-18-10-8-17(9-11-18)24-16-5-3-2-4-6-16/h2-6,8-11,15,24H,7,12-13H2,1H3,(H,22,23)(H,25,26). The highest BCUT2D eigenvalue weighted by molar-refractivity contribution is 5.93. The van der Waals surface area contributed by atoms with Crippen LogP contribution in [-0.4, -0.2) is 15.9 Å². The molecule has 1 aliphatic carbocycles. The van der Waals surface area contributed by atoms with Crippen LogP contribution in [0.4, 0.5) is 17.1 Å². The molecule has 1 atom stereocenters. The molecule has 3 N–H and O–H groups in total. The highest BCUT2D eigenvalue weighted by Gasteiger charge is 2.26. The van der Waals surface area contributed by atoms with E-state index in [9.17, 15) is 4.79 Å². The number of carbonyl (C=O) groups excluding carboxylic acids is 1. The van der Waals surface area contributed by atoms with Gasteiger partial charge >= 0.3 is 0 Å². The molecule has 5 nitrogen and oxygen atoms in total. The fourth-order valence-corrected chi connectivity index (χ4v) is 3.42. The quantitative estimate of drug-likeness (QED) is 0.663. The molecule has 0 radical (unpaired) electrons. The largest absolute Gasteiger partial charge is 0.356 e. The van der Waals surface area contributed by atoms with Gasteiger partial charge in [0.15, 0.2) is 0 Å². The maximum Gasteiger partial charge on any atom is 0.227 e. The van der Waals surface area contributed by atoms with E-state index in [0.29, 0.717) is 0 Å². The average Bonchev–Trinajstić information content (AvgIpc) is 3.03. The summed E-state index contributed by atoms with van der Waals surface area (Å²) < 4.78 is 0. The van der Waals surface area contributed by atoms with Gasteiger partial charge in [-0.1, -0.05) is 18.2 Å². The van der Waals surface area contributed by atoms with Crippen molar-refractivity contribution in [1.82, 2.24) is 9.97 Å². The Morgan fingerprint density at radius 1 is 1.04 bits per heavy atom. The monoisotopic (exact) mass is 346 g/mol. The fourth-order valence-electron chi connectivity index (χ4n) is 3.42. The summed E-state index contributed by atoms with van der Waals surface area (Å²) >= 11 is 0. The van der Waals surface area contributed by atoms with Gasteiger partial charge in [0.05, 0.1) is 5.69 Å². The summed E-state index contributed by atoms with van der Waals surface area (Å²) in [5.74, 6) is 0.994. The van der Waals surface area contributed by atoms with E-state index in [1.165, 1.54) is 0 Å². The van der Waals surface area contributed by atoms with Crippen LogP contribution in [0, 0.1) is 12.8 Å². The van der Waals surface area contributed by atoms with Gasteiger partial charge < -0.3 is 15.6 Å². The third-order valence-corrected chi connectivity index (χ3v) is 4.75. The number of amides is 1. The molecule has 4 rings (SSSR count). The summed E-state index contributed by atoms with van der Waals surface area (Å²) in [5.41, 5.74) is 5.07. The topological polar surface area (TPSA) is 69.8 Å². The number of rotatable bonds is 4. The van der Waals surface area contributed by atoms with Crippen LogP contribution in [0.15, 0.2) is 54.6 Å². The summed E-state index contributed by atoms with van der Waals surface area (Å²) in [4.78, 5) is 20.4. The first-order valence-corrected chi connectivity index (χ1v) is 8.95. The second-order valence-electron chi connectivity index (χ2n) is 6.74. The van der Waals surface area contributed by atoms with E-state index in [1.807, 2.05) is 61.5 Å². The van der Waals surface area contributed by atoms with E-state index in [2.05, 4.69) is 20.6 Å². The summed E-state index contributed by atoms with van der Waals surface area (Å²) in [6.07, 6.45) is 2.43. The van der Waals surface area contributed by atoms with E-state index >= 15 is 0 Å². The van der Waals surface area contributed by atoms with E-state index < -0.39 is 0 Å². The zero-order valence-corrected chi connectivity index (χ0v) is 14.8. The third kappa shape index (κ3) is 3.61. The van der Waals surface area contributed by atoms with Crippen molar-refractivity contribution < 1.29 is 4.79 Å². The molecule has 1 aromatic heterocycles. The Labute approximate surface area is 152 Å². The molecule has 0 bridgehead atoms. The van der Waals surface area contributed by atoms with Crippen LogP contribution in [-0.2, 0) is 17.6 Å². The molecule has 5 heteroatoms. The Morgan fingerprint density at radius 3 is 2.50 bits per heavy atom. The number of imidazole rings is 1. The van der Waals surface area contributed by atoms with Gasteiger partial charge in [-0.05, 0) is 56.2 Å². The Kier molecular flexibility index (Phi) is 4.44. The highest BCUT2D eigenvalue weighted by Crippen LogP contribution is 2.25. The molecule has 0 spiro atoms. The summed E-state index contributed by atoms with van der Waals surface area (Å²) in [7, 11) is 0. The minimum absolute atomic E-state index is 0.00975. The van der Waals surface area contributed by atoms with Crippen LogP contribution in [0.5, 0.6) is 0 Å². The first-order valence-electron chi connectivity index (χ1n) is 8.95. The summed E-state index contributed by atoms with van der Waals surface area (Å²) in [5, 5.41) is 6.38. The highest BCUT2D eigenvalue weighted by atomic mass is 16.1. The Hall–Kier alpha value is -3.08. The Morgan fingerprint density at radius 2 is 1.73 bits per heavy atom.